The van der Waals surface area contributed by atoms with Gasteiger partial charge in [-0.3, -0.25) is 9.59 Å². The number of carbonyl (C=O) groups is 2. The summed E-state index contributed by atoms with van der Waals surface area (Å²) in [7, 11) is 0. The highest BCUT2D eigenvalue weighted by atomic mass is 19.4. The van der Waals surface area contributed by atoms with Gasteiger partial charge < -0.3 is 19.6 Å². The summed E-state index contributed by atoms with van der Waals surface area (Å²) in [4.78, 5) is 28.4. The van der Waals surface area contributed by atoms with Crippen molar-refractivity contribution in [1.82, 2.24) is 10.3 Å². The van der Waals surface area contributed by atoms with E-state index < -0.39 is 40.9 Å². The summed E-state index contributed by atoms with van der Waals surface area (Å²) in [6.07, 6.45) is -10.1. The van der Waals surface area contributed by atoms with Crippen molar-refractivity contribution in [3.05, 3.63) is 106 Å². The lowest BCUT2D eigenvalue weighted by atomic mass is 10.0. The highest BCUT2D eigenvalue weighted by Gasteiger charge is 2.39. The van der Waals surface area contributed by atoms with Crippen LogP contribution in [-0.2, 0) is 36.5 Å². The molecule has 0 bridgehead atoms. The topological polar surface area (TPSA) is 102 Å². The first-order valence-electron chi connectivity index (χ1n) is 13.3. The molecule has 1 aromatic heterocycles. The standard InChI is InChI=1S/C31H26F6N2O5/c1-18-26(39-29(44-18)20-5-3-2-4-6-20)13-14-43-23-10-7-19(8-12-27(40)41)21(15-23)17-38-28(42)24-11-9-22(30(32,33)34)16-25(24)31(35,36)37/h2-7,9-11,15-16H,8,12-14,17H2,1H3,(H,38,42)(H,40,41). The number of nitrogens with one attached hydrogen (secondary N) is 1. The molecule has 1 heterocycles. The Morgan fingerprint density at radius 2 is 1.64 bits per heavy atom. The maximum atomic E-state index is 13.6. The Morgan fingerprint density at radius 3 is 2.30 bits per heavy atom. The van der Waals surface area contributed by atoms with Crippen molar-refractivity contribution in [2.75, 3.05) is 6.61 Å². The molecule has 3 aromatic carbocycles. The van der Waals surface area contributed by atoms with E-state index in [1.165, 1.54) is 6.07 Å². The molecule has 0 aliphatic rings. The van der Waals surface area contributed by atoms with Crippen LogP contribution in [0.3, 0.4) is 0 Å². The third kappa shape index (κ3) is 8.17. The van der Waals surface area contributed by atoms with Crippen molar-refractivity contribution < 1.29 is 50.2 Å². The number of carboxylic acids is 1. The van der Waals surface area contributed by atoms with Gasteiger partial charge in [0.2, 0.25) is 5.89 Å². The zero-order valence-electron chi connectivity index (χ0n) is 23.2. The number of carbonyl (C=O) groups excluding carboxylic acids is 1. The van der Waals surface area contributed by atoms with Gasteiger partial charge in [-0.25, -0.2) is 4.98 Å². The third-order valence-corrected chi connectivity index (χ3v) is 6.64. The number of aromatic nitrogens is 1. The van der Waals surface area contributed by atoms with E-state index in [1.54, 1.807) is 19.1 Å². The predicted octanol–water partition coefficient (Wildman–Crippen LogP) is 7.26. The van der Waals surface area contributed by atoms with E-state index in [-0.39, 0.29) is 32.1 Å². The third-order valence-electron chi connectivity index (χ3n) is 6.64. The van der Waals surface area contributed by atoms with Crippen molar-refractivity contribution >= 4 is 11.9 Å². The highest BCUT2D eigenvalue weighted by molar-refractivity contribution is 5.96. The second-order valence-electron chi connectivity index (χ2n) is 9.75. The number of aryl methyl sites for hydroxylation is 2. The van der Waals surface area contributed by atoms with Gasteiger partial charge in [0, 0.05) is 24.9 Å². The quantitative estimate of drug-likeness (QED) is 0.171. The number of hydrogen-bond donors (Lipinski definition) is 2. The number of ether oxygens (including phenoxy) is 1. The van der Waals surface area contributed by atoms with Crippen molar-refractivity contribution in [2.24, 2.45) is 0 Å². The molecule has 4 aromatic rings. The summed E-state index contributed by atoms with van der Waals surface area (Å²) in [6.45, 7) is 1.60. The van der Waals surface area contributed by atoms with Crippen molar-refractivity contribution in [2.45, 2.75) is 45.1 Å². The lowest BCUT2D eigenvalue weighted by Crippen LogP contribution is -2.27. The number of carboxylic acid groups (broad SMARTS) is 1. The number of aliphatic carboxylic acids is 1. The SMILES string of the molecule is Cc1oc(-c2ccccc2)nc1CCOc1ccc(CCC(=O)O)c(CNC(=O)c2ccc(C(F)(F)F)cc2C(F)(F)F)c1. The molecule has 2 N–H and O–H groups in total. The smallest absolute Gasteiger partial charge is 0.417 e. The molecule has 13 heteroatoms. The summed E-state index contributed by atoms with van der Waals surface area (Å²) in [5.74, 6) is -0.930. The van der Waals surface area contributed by atoms with Crippen LogP contribution in [0.5, 0.6) is 5.75 Å². The van der Waals surface area contributed by atoms with Gasteiger partial charge in [0.25, 0.3) is 5.91 Å². The van der Waals surface area contributed by atoms with Gasteiger partial charge in [0.05, 0.1) is 29.0 Å². The zero-order chi connectivity index (χ0) is 32.1. The van der Waals surface area contributed by atoms with Gasteiger partial charge in [-0.1, -0.05) is 24.3 Å². The summed E-state index contributed by atoms with van der Waals surface area (Å²) < 4.78 is 91.3. The minimum atomic E-state index is -5.22. The van der Waals surface area contributed by atoms with Crippen LogP contribution in [-0.4, -0.2) is 28.6 Å². The Morgan fingerprint density at radius 1 is 0.909 bits per heavy atom. The molecule has 0 spiro atoms. The molecule has 0 aliphatic heterocycles. The van der Waals surface area contributed by atoms with Gasteiger partial charge in [-0.05, 0) is 66.9 Å². The Kier molecular flexibility index (Phi) is 9.65. The van der Waals surface area contributed by atoms with E-state index in [0.717, 1.165) is 5.56 Å². The van der Waals surface area contributed by atoms with Crippen LogP contribution in [0.25, 0.3) is 11.5 Å². The highest BCUT2D eigenvalue weighted by Crippen LogP contribution is 2.37. The Bertz CT molecular complexity index is 1630. The lowest BCUT2D eigenvalue weighted by Gasteiger charge is -2.17. The molecule has 0 atom stereocenters. The van der Waals surface area contributed by atoms with Crippen LogP contribution in [0.4, 0.5) is 26.3 Å². The number of nitrogens with zero attached hydrogens (tertiary/aromatic N) is 1. The van der Waals surface area contributed by atoms with Crippen molar-refractivity contribution in [3.8, 4) is 17.2 Å². The van der Waals surface area contributed by atoms with Crippen molar-refractivity contribution in [1.29, 1.82) is 0 Å². The predicted molar refractivity (Wildman–Crippen MR) is 146 cm³/mol. The molecular formula is C31H26F6N2O5. The molecule has 232 valence electrons. The van der Waals surface area contributed by atoms with E-state index >= 15 is 0 Å². The molecule has 44 heavy (non-hydrogen) atoms. The molecule has 0 unspecified atom stereocenters. The Hall–Kier alpha value is -4.81. The first kappa shape index (κ1) is 32.1. The van der Waals surface area contributed by atoms with E-state index in [9.17, 15) is 35.9 Å². The maximum absolute atomic E-state index is 13.6. The number of hydrogen-bond acceptors (Lipinski definition) is 5. The Balaban J connectivity index is 1.49. The molecule has 0 fully saturated rings. The Labute approximate surface area is 247 Å². The second-order valence-corrected chi connectivity index (χ2v) is 9.75. The minimum absolute atomic E-state index is 0.0509. The summed E-state index contributed by atoms with van der Waals surface area (Å²) >= 11 is 0. The number of amides is 1. The molecule has 0 aliphatic carbocycles. The van der Waals surface area contributed by atoms with Gasteiger partial charge >= 0.3 is 18.3 Å². The number of alkyl halides is 6. The molecule has 1 amide bonds. The lowest BCUT2D eigenvalue weighted by molar-refractivity contribution is -0.143. The second kappa shape index (κ2) is 13.2. The summed E-state index contributed by atoms with van der Waals surface area (Å²) in [6, 6.07) is 14.7. The summed E-state index contributed by atoms with van der Waals surface area (Å²) in [5.41, 5.74) is -1.92. The maximum Gasteiger partial charge on any atom is 0.417 e. The molecule has 4 rings (SSSR count). The molecule has 0 saturated carbocycles. The van der Waals surface area contributed by atoms with Crippen LogP contribution >= 0.6 is 0 Å². The van der Waals surface area contributed by atoms with Crippen molar-refractivity contribution in [3.63, 3.8) is 0 Å². The largest absolute Gasteiger partial charge is 0.493 e. The van der Waals surface area contributed by atoms with Crippen LogP contribution < -0.4 is 10.1 Å². The van der Waals surface area contributed by atoms with E-state index in [4.69, 9.17) is 14.3 Å². The van der Waals surface area contributed by atoms with Crippen LogP contribution in [0.15, 0.2) is 71.1 Å². The number of benzene rings is 3. The van der Waals surface area contributed by atoms with Gasteiger partial charge in [-0.2, -0.15) is 26.3 Å². The molecular weight excluding hydrogens is 594 g/mol. The van der Waals surface area contributed by atoms with Crippen LogP contribution in [0.1, 0.15) is 50.5 Å². The number of rotatable bonds is 11. The van der Waals surface area contributed by atoms with E-state index in [0.29, 0.717) is 52.8 Å². The number of oxazole rings is 1. The number of halogens is 6. The fourth-order valence-electron chi connectivity index (χ4n) is 4.40. The van der Waals surface area contributed by atoms with E-state index in [1.807, 2.05) is 30.3 Å². The van der Waals surface area contributed by atoms with Gasteiger partial charge in [0.1, 0.15) is 11.5 Å². The minimum Gasteiger partial charge on any atom is -0.493 e. The fraction of sp³-hybridized carbons (Fsp3) is 0.258. The average molecular weight is 621 g/mol. The fourth-order valence-corrected chi connectivity index (χ4v) is 4.40. The molecule has 7 nitrogen and oxygen atoms in total. The summed E-state index contributed by atoms with van der Waals surface area (Å²) in [5, 5.41) is 11.4. The molecule has 0 radical (unpaired) electrons. The van der Waals surface area contributed by atoms with E-state index in [2.05, 4.69) is 10.3 Å². The van der Waals surface area contributed by atoms with Gasteiger partial charge in [-0.15, -0.1) is 0 Å². The molecule has 0 saturated heterocycles. The van der Waals surface area contributed by atoms with Crippen LogP contribution in [0.2, 0.25) is 0 Å². The zero-order valence-corrected chi connectivity index (χ0v) is 23.2. The van der Waals surface area contributed by atoms with Crippen LogP contribution in [0, 0.1) is 6.92 Å². The average Bonchev–Trinajstić information content (AvgIpc) is 3.34. The monoisotopic (exact) mass is 620 g/mol. The first-order chi connectivity index (χ1) is 20.7. The normalized spacial score (nSPS) is 11.8. The first-order valence-corrected chi connectivity index (χ1v) is 13.3. The van der Waals surface area contributed by atoms with Gasteiger partial charge in [0.15, 0.2) is 0 Å².